The minimum atomic E-state index is -5.85. The van der Waals surface area contributed by atoms with Gasteiger partial charge in [0.15, 0.2) is 0 Å². The number of piperazine rings is 2. The van der Waals surface area contributed by atoms with E-state index in [0.717, 1.165) is 25.7 Å². The van der Waals surface area contributed by atoms with Crippen LogP contribution in [-0.2, 0) is 39.7 Å². The third-order valence-corrected chi connectivity index (χ3v) is 11.2. The Hall–Kier alpha value is -4.19. The van der Waals surface area contributed by atoms with Gasteiger partial charge in [0.05, 0.1) is 37.6 Å². The number of aliphatic hydroxyl groups excluding tert-OH is 1. The summed E-state index contributed by atoms with van der Waals surface area (Å²) in [6.07, 6.45) is -42.2. The molecule has 2 N–H and O–H groups in total. The Morgan fingerprint density at radius 2 is 1.03 bits per heavy atom. The van der Waals surface area contributed by atoms with Gasteiger partial charge in [-0.05, 0) is 49.2 Å². The first kappa shape index (κ1) is 58.4. The molecule has 2 aromatic carbocycles. The summed E-state index contributed by atoms with van der Waals surface area (Å²) in [5, 5.41) is 10.8. The summed E-state index contributed by atoms with van der Waals surface area (Å²) in [6.45, 7) is 9.47. The molecule has 2 atom stereocenters. The van der Waals surface area contributed by atoms with Gasteiger partial charge in [0.25, 0.3) is 6.10 Å². The van der Waals surface area contributed by atoms with E-state index in [1.807, 2.05) is 11.0 Å². The number of nitrogens with zero attached hydrogens (tertiary/aromatic N) is 5. The Labute approximate surface area is 389 Å². The van der Waals surface area contributed by atoms with Crippen molar-refractivity contribution in [2.75, 3.05) is 102 Å². The zero-order valence-electron chi connectivity index (χ0n) is 37.2. The van der Waals surface area contributed by atoms with Crippen molar-refractivity contribution in [3.8, 4) is 0 Å². The van der Waals surface area contributed by atoms with Crippen LogP contribution in [0.5, 0.6) is 0 Å². The van der Waals surface area contributed by atoms with Gasteiger partial charge >= 0.3 is 43.2 Å². The highest BCUT2D eigenvalue weighted by atomic mass is 19.4. The molecule has 0 aromatic heterocycles. The maximum Gasteiger partial charge on any atom is 0.434 e. The number of amides is 1. The molecule has 0 saturated carbocycles. The monoisotopic (exact) mass is 1050 g/mol. The smallest absolute Gasteiger partial charge is 0.426 e. The van der Waals surface area contributed by atoms with E-state index in [1.165, 1.54) is 19.1 Å². The standard InChI is InChI=1S/C21H24F9N3O3.C17H24F3N3O.C3H2F6O/c1-13-11-31(4-5-33(13)18(34)36-17(20(25,26)27)21(28,29)30)12-14-2-3-15(10-16(14)19(22,23)24)32-6-8-35-9-7-32;1-13-11-22(5-4-21-13)12-14-2-3-15(10-16(14)17(18,19)20)23-6-8-24-9-7-23;4-2(5,6)1(10)3(7,8)9/h2-3,10,13,17H,4-9,11-12H2,1H3;2-3,10,13,21H,4-9,11-12H2,1H3;1,10H/t2*13-;/m00./s1. The number of nitrogens with one attached hydrogen (secondary N) is 1. The lowest BCUT2D eigenvalue weighted by Gasteiger charge is -2.40. The number of carbonyl (C=O) groups is 1. The lowest BCUT2D eigenvalue weighted by molar-refractivity contribution is -0.309. The van der Waals surface area contributed by atoms with Gasteiger partial charge in [-0.1, -0.05) is 12.1 Å². The van der Waals surface area contributed by atoms with Crippen LogP contribution in [0.4, 0.5) is 95.2 Å². The summed E-state index contributed by atoms with van der Waals surface area (Å²) >= 11 is 0. The van der Waals surface area contributed by atoms with Crippen LogP contribution in [0.25, 0.3) is 0 Å². The molecule has 4 saturated heterocycles. The van der Waals surface area contributed by atoms with Gasteiger partial charge in [-0.15, -0.1) is 0 Å². The number of rotatable bonds is 7. The molecule has 2 aromatic rings. The fourth-order valence-corrected chi connectivity index (χ4v) is 7.73. The van der Waals surface area contributed by atoms with Crippen molar-refractivity contribution >= 4 is 17.5 Å². The number of morpholine rings is 2. The second-order valence-electron chi connectivity index (χ2n) is 16.6. The average Bonchev–Trinajstić information content (AvgIpc) is 3.24. The molecule has 0 radical (unpaired) electrons. The predicted octanol–water partition coefficient (Wildman–Crippen LogP) is 8.49. The molecular formula is C41H50F18N6O5. The van der Waals surface area contributed by atoms with Crippen LogP contribution in [0.15, 0.2) is 36.4 Å². The fraction of sp³-hybridized carbons (Fsp3) is 0.683. The highest BCUT2D eigenvalue weighted by molar-refractivity contribution is 5.68. The van der Waals surface area contributed by atoms with Gasteiger partial charge in [0, 0.05) is 102 Å². The van der Waals surface area contributed by atoms with Crippen LogP contribution in [0, 0.1) is 0 Å². The predicted molar refractivity (Wildman–Crippen MR) is 214 cm³/mol. The van der Waals surface area contributed by atoms with Crippen LogP contribution in [0.3, 0.4) is 0 Å². The van der Waals surface area contributed by atoms with Crippen molar-refractivity contribution in [2.24, 2.45) is 0 Å². The normalized spacial score (nSPS) is 20.8. The largest absolute Gasteiger partial charge is 0.434 e. The van der Waals surface area contributed by atoms with E-state index in [-0.39, 0.29) is 31.7 Å². The third kappa shape index (κ3) is 17.2. The van der Waals surface area contributed by atoms with Crippen LogP contribution in [0.2, 0.25) is 0 Å². The van der Waals surface area contributed by atoms with Crippen LogP contribution in [-0.4, -0.2) is 167 Å². The zero-order valence-corrected chi connectivity index (χ0v) is 37.2. The van der Waals surface area contributed by atoms with E-state index in [1.54, 1.807) is 21.9 Å². The average molecular weight is 1050 g/mol. The van der Waals surface area contributed by atoms with Gasteiger partial charge in [-0.25, -0.2) is 4.79 Å². The first-order valence-corrected chi connectivity index (χ1v) is 21.3. The number of ether oxygens (including phenoxy) is 3. The highest BCUT2D eigenvalue weighted by Gasteiger charge is 2.60. The van der Waals surface area contributed by atoms with Crippen LogP contribution < -0.4 is 15.1 Å². The maximum atomic E-state index is 13.8. The molecule has 4 aliphatic rings. The van der Waals surface area contributed by atoms with Crippen molar-refractivity contribution in [1.29, 1.82) is 0 Å². The Morgan fingerprint density at radius 3 is 1.37 bits per heavy atom. The second kappa shape index (κ2) is 23.6. The number of carbonyl (C=O) groups excluding carboxylic acids is 1. The first-order chi connectivity index (χ1) is 32.2. The summed E-state index contributed by atoms with van der Waals surface area (Å²) in [4.78, 5) is 20.1. The highest BCUT2D eigenvalue weighted by Crippen LogP contribution is 2.39. The molecule has 4 aliphatic heterocycles. The number of alkyl halides is 18. The lowest BCUT2D eigenvalue weighted by Crippen LogP contribution is -2.56. The van der Waals surface area contributed by atoms with Crippen molar-refractivity contribution in [1.82, 2.24) is 20.0 Å². The van der Waals surface area contributed by atoms with E-state index in [2.05, 4.69) is 21.9 Å². The van der Waals surface area contributed by atoms with E-state index < -0.39 is 72.5 Å². The lowest BCUT2D eigenvalue weighted by atomic mass is 10.0. The van der Waals surface area contributed by atoms with Gasteiger partial charge in [0.2, 0.25) is 6.10 Å². The second-order valence-corrected chi connectivity index (χ2v) is 16.6. The van der Waals surface area contributed by atoms with Crippen LogP contribution >= 0.6 is 0 Å². The summed E-state index contributed by atoms with van der Waals surface area (Å²) < 4.78 is 238. The quantitative estimate of drug-likeness (QED) is 0.263. The molecule has 1 amide bonds. The van der Waals surface area contributed by atoms with E-state index >= 15 is 0 Å². The Morgan fingerprint density at radius 1 is 0.614 bits per heavy atom. The molecular weight excluding hydrogens is 998 g/mol. The van der Waals surface area contributed by atoms with Gasteiger partial charge in [-0.2, -0.15) is 79.0 Å². The Kier molecular flexibility index (Phi) is 19.7. The number of halogens is 18. The molecule has 11 nitrogen and oxygen atoms in total. The number of aliphatic hydroxyl groups is 1. The van der Waals surface area contributed by atoms with Crippen LogP contribution in [0.1, 0.15) is 36.1 Å². The molecule has 29 heteroatoms. The van der Waals surface area contributed by atoms with E-state index in [4.69, 9.17) is 14.6 Å². The molecule has 0 unspecified atom stereocenters. The number of anilines is 2. The SMILES string of the molecule is C[C@H]1CN(Cc2ccc(N3CCOCC3)cc2C(F)(F)F)CCN1.C[C@H]1CN(Cc2ccc(N3CCOCC3)cc2C(F)(F)F)CCN1C(=O)OC(C(F)(F)F)C(F)(F)F.OC(C(F)(F)F)C(F)(F)F. The van der Waals surface area contributed by atoms with E-state index in [9.17, 15) is 83.8 Å². The molecule has 6 rings (SSSR count). The number of hydrogen-bond acceptors (Lipinski definition) is 10. The van der Waals surface area contributed by atoms with E-state index in [0.29, 0.717) is 87.0 Å². The Bertz CT molecular complexity index is 1940. The third-order valence-electron chi connectivity index (χ3n) is 11.2. The summed E-state index contributed by atoms with van der Waals surface area (Å²) in [7, 11) is 0. The molecule has 0 bridgehead atoms. The number of hydrogen-bond donors (Lipinski definition) is 2. The first-order valence-electron chi connectivity index (χ1n) is 21.3. The molecule has 4 heterocycles. The minimum absolute atomic E-state index is 0.0445. The van der Waals surface area contributed by atoms with Crippen molar-refractivity contribution in [3.63, 3.8) is 0 Å². The summed E-state index contributed by atoms with van der Waals surface area (Å²) in [6, 6.07) is 8.09. The van der Waals surface area contributed by atoms with Crippen molar-refractivity contribution < 1.29 is 103 Å². The number of benzene rings is 2. The van der Waals surface area contributed by atoms with Gasteiger partial charge < -0.3 is 39.3 Å². The Balaban J connectivity index is 0.000000268. The summed E-state index contributed by atoms with van der Waals surface area (Å²) in [5.74, 6) is 0. The van der Waals surface area contributed by atoms with Crippen molar-refractivity contribution in [3.05, 3.63) is 58.7 Å². The molecule has 70 heavy (non-hydrogen) atoms. The maximum absolute atomic E-state index is 13.8. The fourth-order valence-electron chi connectivity index (χ4n) is 7.73. The molecule has 400 valence electrons. The summed E-state index contributed by atoms with van der Waals surface area (Å²) in [5.41, 5.74) is -0.0374. The molecule has 0 aliphatic carbocycles. The topological polar surface area (TPSA) is 93.2 Å². The van der Waals surface area contributed by atoms with Gasteiger partial charge in [0.1, 0.15) is 0 Å². The minimum Gasteiger partial charge on any atom is -0.426 e. The zero-order chi connectivity index (χ0) is 52.6. The molecule has 4 fully saturated rings. The van der Waals surface area contributed by atoms with Crippen molar-refractivity contribution in [2.45, 2.75) is 88.3 Å². The van der Waals surface area contributed by atoms with Gasteiger partial charge in [-0.3, -0.25) is 9.80 Å². The molecule has 0 spiro atoms.